The van der Waals surface area contributed by atoms with Gasteiger partial charge in [0.2, 0.25) is 5.91 Å². The number of hydrogen-bond acceptors (Lipinski definition) is 4. The number of rotatable bonds is 6. The minimum absolute atomic E-state index is 0.0199. The van der Waals surface area contributed by atoms with Gasteiger partial charge in [-0.05, 0) is 36.8 Å². The Morgan fingerprint density at radius 1 is 1.08 bits per heavy atom. The maximum atomic E-state index is 12.1. The fraction of sp³-hybridized carbons (Fsp3) is 0.350. The quantitative estimate of drug-likeness (QED) is 0.804. The van der Waals surface area contributed by atoms with Crippen LogP contribution in [0.3, 0.4) is 0 Å². The number of anilines is 1. The molecular formula is C20H24N2O2S. The Labute approximate surface area is 153 Å². The molecule has 2 aromatic carbocycles. The molecule has 0 spiro atoms. The van der Waals surface area contributed by atoms with Crippen LogP contribution in [-0.4, -0.2) is 42.9 Å². The Morgan fingerprint density at radius 3 is 2.44 bits per heavy atom. The molecule has 0 saturated carbocycles. The van der Waals surface area contributed by atoms with Crippen molar-refractivity contribution in [2.45, 2.75) is 18.4 Å². The number of thioether (sulfide) groups is 1. The molecule has 3 rings (SSSR count). The summed E-state index contributed by atoms with van der Waals surface area (Å²) in [4.78, 5) is 15.6. The number of benzene rings is 2. The minimum atomic E-state index is 0.0199. The molecule has 132 valence electrons. The van der Waals surface area contributed by atoms with Gasteiger partial charge in [0.1, 0.15) is 0 Å². The second kappa shape index (κ2) is 9.04. The van der Waals surface area contributed by atoms with Crippen LogP contribution >= 0.6 is 11.8 Å². The highest BCUT2D eigenvalue weighted by Crippen LogP contribution is 2.19. The third kappa shape index (κ3) is 5.88. The van der Waals surface area contributed by atoms with Crippen LogP contribution < -0.4 is 5.32 Å². The molecule has 0 aliphatic carbocycles. The molecule has 1 heterocycles. The molecule has 1 fully saturated rings. The number of ether oxygens (including phenoxy) is 1. The average Bonchev–Trinajstić information content (AvgIpc) is 2.64. The summed E-state index contributed by atoms with van der Waals surface area (Å²) in [5, 5.41) is 2.96. The second-order valence-corrected chi connectivity index (χ2v) is 7.28. The van der Waals surface area contributed by atoms with E-state index in [-0.39, 0.29) is 5.91 Å². The standard InChI is InChI=1S/C20H24N2O2S/c1-16-2-8-19(9-3-16)25-15-20(23)21-18-6-4-17(5-7-18)14-22-10-12-24-13-11-22/h2-9H,10-15H2,1H3,(H,21,23). The molecule has 1 N–H and O–H groups in total. The fourth-order valence-corrected chi connectivity index (χ4v) is 3.39. The van der Waals surface area contributed by atoms with Crippen LogP contribution in [-0.2, 0) is 16.1 Å². The molecule has 1 saturated heterocycles. The molecule has 0 aromatic heterocycles. The number of carbonyl (C=O) groups is 1. The van der Waals surface area contributed by atoms with E-state index < -0.39 is 0 Å². The predicted octanol–water partition coefficient (Wildman–Crippen LogP) is 3.56. The van der Waals surface area contributed by atoms with E-state index >= 15 is 0 Å². The smallest absolute Gasteiger partial charge is 0.234 e. The van der Waals surface area contributed by atoms with E-state index in [2.05, 4.69) is 41.4 Å². The van der Waals surface area contributed by atoms with Gasteiger partial charge in [-0.25, -0.2) is 0 Å². The Bertz CT molecular complexity index is 680. The van der Waals surface area contributed by atoms with Crippen molar-refractivity contribution in [1.82, 2.24) is 4.90 Å². The number of nitrogens with one attached hydrogen (secondary N) is 1. The normalized spacial score (nSPS) is 15.1. The maximum Gasteiger partial charge on any atom is 0.234 e. The van der Waals surface area contributed by atoms with Crippen LogP contribution in [0.2, 0.25) is 0 Å². The Morgan fingerprint density at radius 2 is 1.76 bits per heavy atom. The highest BCUT2D eigenvalue weighted by molar-refractivity contribution is 8.00. The lowest BCUT2D eigenvalue weighted by atomic mass is 10.2. The van der Waals surface area contributed by atoms with Gasteiger partial charge in [0, 0.05) is 30.2 Å². The molecule has 5 heteroatoms. The first kappa shape index (κ1) is 18.0. The Hall–Kier alpha value is -1.82. The molecule has 1 aliphatic rings. The van der Waals surface area contributed by atoms with Gasteiger partial charge in [0.15, 0.2) is 0 Å². The van der Waals surface area contributed by atoms with E-state index in [9.17, 15) is 4.79 Å². The number of aryl methyl sites for hydroxylation is 1. The summed E-state index contributed by atoms with van der Waals surface area (Å²) in [7, 11) is 0. The Kier molecular flexibility index (Phi) is 6.50. The molecule has 0 bridgehead atoms. The zero-order valence-electron chi connectivity index (χ0n) is 14.5. The molecule has 2 aromatic rings. The Balaban J connectivity index is 1.45. The predicted molar refractivity (Wildman–Crippen MR) is 103 cm³/mol. The van der Waals surface area contributed by atoms with Gasteiger partial charge in [-0.3, -0.25) is 9.69 Å². The molecule has 4 nitrogen and oxygen atoms in total. The summed E-state index contributed by atoms with van der Waals surface area (Å²) in [6, 6.07) is 16.3. The number of nitrogens with zero attached hydrogens (tertiary/aromatic N) is 1. The van der Waals surface area contributed by atoms with Crippen LogP contribution in [0.5, 0.6) is 0 Å². The molecule has 25 heavy (non-hydrogen) atoms. The molecule has 1 amide bonds. The molecule has 0 atom stereocenters. The lowest BCUT2D eigenvalue weighted by molar-refractivity contribution is -0.113. The first-order valence-corrected chi connectivity index (χ1v) is 9.56. The summed E-state index contributed by atoms with van der Waals surface area (Å²) in [5.41, 5.74) is 3.33. The maximum absolute atomic E-state index is 12.1. The zero-order valence-corrected chi connectivity index (χ0v) is 15.3. The van der Waals surface area contributed by atoms with Crippen LogP contribution in [0.15, 0.2) is 53.4 Å². The van der Waals surface area contributed by atoms with Crippen molar-refractivity contribution < 1.29 is 9.53 Å². The van der Waals surface area contributed by atoms with Gasteiger partial charge < -0.3 is 10.1 Å². The van der Waals surface area contributed by atoms with E-state index in [1.807, 2.05) is 24.3 Å². The molecular weight excluding hydrogens is 332 g/mol. The van der Waals surface area contributed by atoms with Crippen molar-refractivity contribution >= 4 is 23.4 Å². The van der Waals surface area contributed by atoms with Crippen molar-refractivity contribution in [3.63, 3.8) is 0 Å². The number of amides is 1. The average molecular weight is 356 g/mol. The van der Waals surface area contributed by atoms with Gasteiger partial charge in [-0.15, -0.1) is 11.8 Å². The molecule has 0 radical (unpaired) electrons. The summed E-state index contributed by atoms with van der Waals surface area (Å²) in [5.74, 6) is 0.435. The van der Waals surface area contributed by atoms with Gasteiger partial charge in [0.25, 0.3) is 0 Å². The lowest BCUT2D eigenvalue weighted by Crippen LogP contribution is -2.35. The van der Waals surface area contributed by atoms with E-state index in [1.54, 1.807) is 11.8 Å². The lowest BCUT2D eigenvalue weighted by Gasteiger charge is -2.26. The second-order valence-electron chi connectivity index (χ2n) is 6.24. The third-order valence-corrected chi connectivity index (χ3v) is 5.15. The third-order valence-electron chi connectivity index (χ3n) is 4.14. The first-order valence-electron chi connectivity index (χ1n) is 8.57. The number of hydrogen-bond donors (Lipinski definition) is 1. The van der Waals surface area contributed by atoms with Crippen LogP contribution in [0.25, 0.3) is 0 Å². The SMILES string of the molecule is Cc1ccc(SCC(=O)Nc2ccc(CN3CCOCC3)cc2)cc1. The molecule has 1 aliphatic heterocycles. The van der Waals surface area contributed by atoms with Gasteiger partial charge in [0.05, 0.1) is 19.0 Å². The van der Waals surface area contributed by atoms with Crippen LogP contribution in [0.4, 0.5) is 5.69 Å². The van der Waals surface area contributed by atoms with E-state index in [4.69, 9.17) is 4.74 Å². The number of carbonyl (C=O) groups excluding carboxylic acids is 1. The molecule has 0 unspecified atom stereocenters. The fourth-order valence-electron chi connectivity index (χ4n) is 2.69. The van der Waals surface area contributed by atoms with Crippen molar-refractivity contribution in [2.75, 3.05) is 37.4 Å². The van der Waals surface area contributed by atoms with Gasteiger partial charge >= 0.3 is 0 Å². The number of morpholine rings is 1. The van der Waals surface area contributed by atoms with E-state index in [0.717, 1.165) is 43.4 Å². The summed E-state index contributed by atoms with van der Waals surface area (Å²) < 4.78 is 5.37. The summed E-state index contributed by atoms with van der Waals surface area (Å²) in [6.45, 7) is 6.58. The van der Waals surface area contributed by atoms with E-state index in [0.29, 0.717) is 5.75 Å². The topological polar surface area (TPSA) is 41.6 Å². The largest absolute Gasteiger partial charge is 0.379 e. The van der Waals surface area contributed by atoms with Crippen molar-refractivity contribution in [3.05, 3.63) is 59.7 Å². The van der Waals surface area contributed by atoms with Crippen LogP contribution in [0, 0.1) is 6.92 Å². The van der Waals surface area contributed by atoms with Crippen molar-refractivity contribution in [1.29, 1.82) is 0 Å². The van der Waals surface area contributed by atoms with Crippen molar-refractivity contribution in [3.8, 4) is 0 Å². The minimum Gasteiger partial charge on any atom is -0.379 e. The van der Waals surface area contributed by atoms with Gasteiger partial charge in [-0.2, -0.15) is 0 Å². The monoisotopic (exact) mass is 356 g/mol. The summed E-state index contributed by atoms with van der Waals surface area (Å²) >= 11 is 1.55. The highest BCUT2D eigenvalue weighted by Gasteiger charge is 2.10. The van der Waals surface area contributed by atoms with Crippen molar-refractivity contribution in [2.24, 2.45) is 0 Å². The summed E-state index contributed by atoms with van der Waals surface area (Å²) in [6.07, 6.45) is 0. The van der Waals surface area contributed by atoms with E-state index in [1.165, 1.54) is 11.1 Å². The first-order chi connectivity index (χ1) is 12.2. The van der Waals surface area contributed by atoms with Gasteiger partial charge in [-0.1, -0.05) is 29.8 Å². The van der Waals surface area contributed by atoms with Crippen LogP contribution in [0.1, 0.15) is 11.1 Å². The zero-order chi connectivity index (χ0) is 17.5. The highest BCUT2D eigenvalue weighted by atomic mass is 32.2.